The molecule has 1 atom stereocenters. The number of hydrogen-bond acceptors (Lipinski definition) is 8. The summed E-state index contributed by atoms with van der Waals surface area (Å²) >= 11 is 7.34. The lowest BCUT2D eigenvalue weighted by molar-refractivity contribution is -0.272. The predicted octanol–water partition coefficient (Wildman–Crippen LogP) is 5.12. The molecule has 1 aliphatic rings. The quantitative estimate of drug-likeness (QED) is 0.330. The van der Waals surface area contributed by atoms with Crippen molar-refractivity contribution in [3.63, 3.8) is 0 Å². The number of furan rings is 1. The lowest BCUT2D eigenvalue weighted by Crippen LogP contribution is -2.28. The van der Waals surface area contributed by atoms with Gasteiger partial charge in [-0.05, 0) is 53.3 Å². The monoisotopic (exact) mass is 526 g/mol. The predicted molar refractivity (Wildman–Crippen MR) is 133 cm³/mol. The Balaban J connectivity index is 1.59. The maximum absolute atomic E-state index is 13.1. The van der Waals surface area contributed by atoms with Crippen LogP contribution < -0.4 is 15.0 Å². The number of rotatable bonds is 9. The average Bonchev–Trinajstić information content (AvgIpc) is 3.56. The van der Waals surface area contributed by atoms with Crippen LogP contribution in [0.2, 0.25) is 5.02 Å². The molecule has 0 bridgehead atoms. The topological polar surface area (TPSA) is 122 Å². The lowest BCUT2D eigenvalue weighted by atomic mass is 10.1. The van der Waals surface area contributed by atoms with E-state index in [1.165, 1.54) is 16.4 Å². The third-order valence-electron chi connectivity index (χ3n) is 5.90. The van der Waals surface area contributed by atoms with Crippen LogP contribution in [0.5, 0.6) is 5.75 Å². The second-order valence-corrected chi connectivity index (χ2v) is 11.4. The normalized spacial score (nSPS) is 15.7. The summed E-state index contributed by atoms with van der Waals surface area (Å²) in [6, 6.07) is 4.92. The summed E-state index contributed by atoms with van der Waals surface area (Å²) in [6.45, 7) is 7.09. The molecule has 1 aliphatic heterocycles. The molecule has 1 aromatic carbocycles. The highest BCUT2D eigenvalue weighted by molar-refractivity contribution is 7.89. The number of phenolic OH excluding ortho intramolecular Hbond substituents is 1. The lowest BCUT2D eigenvalue weighted by Gasteiger charge is -2.18. The molecule has 0 radical (unpaired) electrons. The fraction of sp³-hybridized carbons (Fsp3) is 0.455. The SMILES string of the molecule is CC[C@@H](Nc1[nH+]snc1Nc1ccc(Cl)c(S(=O)(=O)N2CCCC2)c1O)c1cc(C(C)C)co1. The Labute approximate surface area is 208 Å². The second kappa shape index (κ2) is 10.1. The van der Waals surface area contributed by atoms with Crippen LogP contribution in [0.1, 0.15) is 63.3 Å². The van der Waals surface area contributed by atoms with E-state index in [1.807, 2.05) is 13.0 Å². The zero-order valence-electron chi connectivity index (χ0n) is 19.3. The van der Waals surface area contributed by atoms with Gasteiger partial charge in [0.2, 0.25) is 21.8 Å². The van der Waals surface area contributed by atoms with Crippen LogP contribution in [-0.4, -0.2) is 35.3 Å². The number of H-pyrrole nitrogens is 1. The van der Waals surface area contributed by atoms with Crippen LogP contribution in [0.15, 0.2) is 33.8 Å². The van der Waals surface area contributed by atoms with Crippen LogP contribution in [-0.2, 0) is 10.0 Å². The number of aromatic hydroxyl groups is 1. The summed E-state index contributed by atoms with van der Waals surface area (Å²) in [5.74, 6) is 1.75. The minimum atomic E-state index is -3.92. The van der Waals surface area contributed by atoms with Gasteiger partial charge in [-0.15, -0.1) is 0 Å². The molecule has 1 saturated heterocycles. The van der Waals surface area contributed by atoms with Crippen molar-refractivity contribution in [2.75, 3.05) is 23.7 Å². The van der Waals surface area contributed by atoms with Gasteiger partial charge >= 0.3 is 0 Å². The third kappa shape index (κ3) is 4.88. The molecule has 3 heterocycles. The van der Waals surface area contributed by atoms with Gasteiger partial charge in [-0.2, -0.15) is 8.68 Å². The van der Waals surface area contributed by atoms with E-state index >= 15 is 0 Å². The molecule has 1 fully saturated rings. The van der Waals surface area contributed by atoms with Crippen molar-refractivity contribution in [2.45, 2.75) is 56.9 Å². The van der Waals surface area contributed by atoms with E-state index in [1.54, 1.807) is 6.26 Å². The van der Waals surface area contributed by atoms with E-state index in [2.05, 4.69) is 33.2 Å². The summed E-state index contributed by atoms with van der Waals surface area (Å²) < 4.78 is 40.8. The Bertz CT molecular complexity index is 1250. The third-order valence-corrected chi connectivity index (χ3v) is 8.87. The number of nitrogens with zero attached hydrogens (tertiary/aromatic N) is 2. The fourth-order valence-electron chi connectivity index (χ4n) is 3.87. The zero-order valence-corrected chi connectivity index (χ0v) is 21.6. The van der Waals surface area contributed by atoms with E-state index in [4.69, 9.17) is 16.0 Å². The Kier molecular flexibility index (Phi) is 7.36. The van der Waals surface area contributed by atoms with E-state index in [0.717, 1.165) is 42.3 Å². The Morgan fingerprint density at radius 1 is 1.32 bits per heavy atom. The minimum absolute atomic E-state index is 0.0250. The van der Waals surface area contributed by atoms with Crippen molar-refractivity contribution in [3.05, 3.63) is 40.8 Å². The van der Waals surface area contributed by atoms with Crippen molar-refractivity contribution in [3.8, 4) is 5.75 Å². The number of benzene rings is 1. The van der Waals surface area contributed by atoms with Crippen LogP contribution in [0.4, 0.5) is 17.3 Å². The van der Waals surface area contributed by atoms with Gasteiger partial charge in [-0.3, -0.25) is 5.32 Å². The molecule has 2 aromatic heterocycles. The first kappa shape index (κ1) is 24.8. The van der Waals surface area contributed by atoms with Crippen LogP contribution >= 0.6 is 23.3 Å². The van der Waals surface area contributed by atoms with E-state index in [9.17, 15) is 13.5 Å². The fourth-order valence-corrected chi connectivity index (χ4v) is 6.50. The Morgan fingerprint density at radius 3 is 2.71 bits per heavy atom. The van der Waals surface area contributed by atoms with Gasteiger partial charge in [0.1, 0.15) is 16.7 Å². The number of halogens is 1. The average molecular weight is 527 g/mol. The van der Waals surface area contributed by atoms with Crippen molar-refractivity contribution in [1.82, 2.24) is 8.68 Å². The molecule has 9 nitrogen and oxygen atoms in total. The molecule has 4 N–H and O–H groups in total. The minimum Gasteiger partial charge on any atom is -0.504 e. The standard InChI is InChI=1S/C22H28ClN5O4S2/c1-4-16(18-11-14(12-32-18)13(2)3)24-21-22(27-33-26-21)25-17-8-7-15(23)20(19(17)29)34(30,31)28-9-5-6-10-28/h7-8,11-13,16,29H,4-6,9-10H2,1-3H3,(H,24,26)(H,25,27)/p+1/t16-/m1/s1. The Hall–Kier alpha value is -2.34. The molecular weight excluding hydrogens is 498 g/mol. The van der Waals surface area contributed by atoms with Gasteiger partial charge in [0, 0.05) is 13.1 Å². The molecule has 4 rings (SSSR count). The highest BCUT2D eigenvalue weighted by Crippen LogP contribution is 2.41. The van der Waals surface area contributed by atoms with E-state index in [-0.39, 0.29) is 21.6 Å². The molecule has 184 valence electrons. The van der Waals surface area contributed by atoms with Crippen LogP contribution in [0.25, 0.3) is 0 Å². The van der Waals surface area contributed by atoms with Crippen molar-refractivity contribution < 1.29 is 22.3 Å². The number of hydrogen-bond donors (Lipinski definition) is 3. The van der Waals surface area contributed by atoms with E-state index < -0.39 is 15.8 Å². The number of nitrogens with one attached hydrogen (secondary N) is 3. The van der Waals surface area contributed by atoms with Crippen molar-refractivity contribution in [2.24, 2.45) is 0 Å². The van der Waals surface area contributed by atoms with Gasteiger partial charge in [0.05, 0.1) is 17.0 Å². The molecule has 12 heteroatoms. The number of aromatic amines is 1. The van der Waals surface area contributed by atoms with Gasteiger partial charge < -0.3 is 14.8 Å². The van der Waals surface area contributed by atoms with Crippen LogP contribution in [0.3, 0.4) is 0 Å². The number of phenols is 1. The number of sulfonamides is 1. The largest absolute Gasteiger partial charge is 0.504 e. The number of aromatic nitrogens is 2. The maximum atomic E-state index is 13.1. The molecular formula is C22H29ClN5O4S2+. The van der Waals surface area contributed by atoms with Crippen molar-refractivity contribution in [1.29, 1.82) is 0 Å². The van der Waals surface area contributed by atoms with Crippen LogP contribution in [0, 0.1) is 0 Å². The first-order valence-corrected chi connectivity index (χ1v) is 13.8. The number of anilines is 3. The molecule has 3 aromatic rings. The first-order chi connectivity index (χ1) is 16.2. The molecule has 0 unspecified atom stereocenters. The highest BCUT2D eigenvalue weighted by Gasteiger charge is 2.33. The summed E-state index contributed by atoms with van der Waals surface area (Å²) in [5.41, 5.74) is 1.32. The highest BCUT2D eigenvalue weighted by atomic mass is 35.5. The second-order valence-electron chi connectivity index (χ2n) is 8.56. The summed E-state index contributed by atoms with van der Waals surface area (Å²) in [7, 11) is -3.92. The van der Waals surface area contributed by atoms with Crippen molar-refractivity contribution >= 4 is 50.7 Å². The molecule has 0 amide bonds. The maximum Gasteiger partial charge on any atom is 0.295 e. The molecule has 0 saturated carbocycles. The first-order valence-electron chi connectivity index (χ1n) is 11.2. The summed E-state index contributed by atoms with van der Waals surface area (Å²) in [4.78, 5) is -0.293. The molecule has 0 spiro atoms. The van der Waals surface area contributed by atoms with E-state index in [0.29, 0.717) is 30.6 Å². The Morgan fingerprint density at radius 2 is 2.06 bits per heavy atom. The zero-order chi connectivity index (χ0) is 24.5. The molecule has 0 aliphatic carbocycles. The van der Waals surface area contributed by atoms with Gasteiger partial charge in [0.15, 0.2) is 5.75 Å². The smallest absolute Gasteiger partial charge is 0.295 e. The van der Waals surface area contributed by atoms with Gasteiger partial charge in [-0.1, -0.05) is 32.4 Å². The molecule has 34 heavy (non-hydrogen) atoms. The summed E-state index contributed by atoms with van der Waals surface area (Å²) in [5, 5.41) is 17.3. The van der Waals surface area contributed by atoms with Gasteiger partial charge in [-0.25, -0.2) is 8.42 Å². The summed E-state index contributed by atoms with van der Waals surface area (Å²) in [6.07, 6.45) is 4.10. The van der Waals surface area contributed by atoms with Gasteiger partial charge in [0.25, 0.3) is 11.6 Å².